The van der Waals surface area contributed by atoms with Gasteiger partial charge in [0.05, 0.1) is 34.1 Å². The van der Waals surface area contributed by atoms with Gasteiger partial charge in [0.1, 0.15) is 5.75 Å². The van der Waals surface area contributed by atoms with Crippen molar-refractivity contribution in [3.05, 3.63) is 71.5 Å². The molecule has 0 aliphatic carbocycles. The Balaban J connectivity index is 1.93. The monoisotopic (exact) mass is 467 g/mol. The molecule has 1 N–H and O–H groups in total. The van der Waals surface area contributed by atoms with Gasteiger partial charge in [-0.3, -0.25) is 4.98 Å². The normalized spacial score (nSPS) is 10.3. The van der Waals surface area contributed by atoms with Gasteiger partial charge < -0.3 is 29.2 Å². The molecule has 0 radical (unpaired) electrons. The van der Waals surface area contributed by atoms with Crippen LogP contribution in [0.1, 0.15) is 16.7 Å². The van der Waals surface area contributed by atoms with Crippen LogP contribution in [-0.4, -0.2) is 43.4 Å². The topological polar surface area (TPSA) is 65.1 Å². The molecule has 0 saturated heterocycles. The summed E-state index contributed by atoms with van der Waals surface area (Å²) in [4.78, 5) is 6.29. The number of methoxy groups -OCH3 is 4. The van der Waals surface area contributed by atoms with Gasteiger partial charge in [0, 0.05) is 25.5 Å². The van der Waals surface area contributed by atoms with Crippen molar-refractivity contribution in [1.82, 2.24) is 9.88 Å². The summed E-state index contributed by atoms with van der Waals surface area (Å²) in [6, 6.07) is 13.7. The molecule has 8 heteroatoms. The van der Waals surface area contributed by atoms with Crippen molar-refractivity contribution in [2.24, 2.45) is 0 Å². The predicted octanol–water partition coefficient (Wildman–Crippen LogP) is 4.82. The van der Waals surface area contributed by atoms with Gasteiger partial charge in [-0.25, -0.2) is 0 Å². The van der Waals surface area contributed by atoms with E-state index in [1.807, 2.05) is 55.6 Å². The van der Waals surface area contributed by atoms with Gasteiger partial charge in [0.2, 0.25) is 5.75 Å². The first-order valence-electron chi connectivity index (χ1n) is 10.4. The summed E-state index contributed by atoms with van der Waals surface area (Å²) >= 11 is 5.83. The summed E-state index contributed by atoms with van der Waals surface area (Å²) < 4.78 is 22.0. The summed E-state index contributed by atoms with van der Waals surface area (Å²) in [7, 11) is 6.43. The van der Waals surface area contributed by atoms with Crippen LogP contribution in [0, 0.1) is 6.92 Å². The van der Waals surface area contributed by atoms with E-state index in [4.69, 9.17) is 31.2 Å². The Bertz CT molecular complexity index is 1070. The minimum atomic E-state index is 0.506. The van der Waals surface area contributed by atoms with Crippen molar-refractivity contribution in [2.45, 2.75) is 20.0 Å². The zero-order valence-electron chi connectivity index (χ0n) is 19.5. The van der Waals surface area contributed by atoms with Crippen molar-refractivity contribution >= 4 is 23.0 Å². The fraction of sp³-hybridized carbons (Fsp3) is 0.280. The highest BCUT2D eigenvalue weighted by Crippen LogP contribution is 2.38. The number of nitrogens with zero attached hydrogens (tertiary/aromatic N) is 2. The van der Waals surface area contributed by atoms with Crippen molar-refractivity contribution in [3.8, 4) is 23.0 Å². The number of ether oxygens (including phenoxy) is 4. The van der Waals surface area contributed by atoms with E-state index in [-0.39, 0.29) is 0 Å². The Morgan fingerprint density at radius 2 is 1.55 bits per heavy atom. The molecule has 1 aromatic heterocycles. The number of rotatable bonds is 9. The van der Waals surface area contributed by atoms with Crippen LogP contribution in [0.5, 0.6) is 23.0 Å². The number of hydrogen-bond acceptors (Lipinski definition) is 6. The fourth-order valence-corrected chi connectivity index (χ4v) is 3.71. The third-order valence-electron chi connectivity index (χ3n) is 5.08. The van der Waals surface area contributed by atoms with Gasteiger partial charge >= 0.3 is 0 Å². The number of anilines is 1. The number of aromatic nitrogens is 1. The number of nitrogens with one attached hydrogen (secondary N) is 1. The van der Waals surface area contributed by atoms with Crippen LogP contribution >= 0.6 is 12.2 Å². The van der Waals surface area contributed by atoms with Gasteiger partial charge in [0.25, 0.3) is 0 Å². The molecule has 0 aliphatic heterocycles. The highest BCUT2D eigenvalue weighted by molar-refractivity contribution is 7.80. The zero-order chi connectivity index (χ0) is 23.8. The maximum absolute atomic E-state index is 5.83. The third kappa shape index (κ3) is 6.04. The van der Waals surface area contributed by atoms with E-state index < -0.39 is 0 Å². The second-order valence-electron chi connectivity index (χ2n) is 7.38. The van der Waals surface area contributed by atoms with Gasteiger partial charge in [-0.2, -0.15) is 0 Å². The smallest absolute Gasteiger partial charge is 0.203 e. The first-order valence-corrected chi connectivity index (χ1v) is 10.8. The molecule has 3 rings (SSSR count). The van der Waals surface area contributed by atoms with Crippen LogP contribution in [0.25, 0.3) is 0 Å². The Labute approximate surface area is 200 Å². The molecule has 0 bridgehead atoms. The molecule has 0 fully saturated rings. The lowest BCUT2D eigenvalue weighted by atomic mass is 10.1. The van der Waals surface area contributed by atoms with Crippen LogP contribution in [0.3, 0.4) is 0 Å². The second-order valence-corrected chi connectivity index (χ2v) is 7.77. The third-order valence-corrected chi connectivity index (χ3v) is 5.44. The Hall–Kier alpha value is -3.52. The van der Waals surface area contributed by atoms with Crippen LogP contribution in [0.2, 0.25) is 0 Å². The fourth-order valence-electron chi connectivity index (χ4n) is 3.47. The summed E-state index contributed by atoms with van der Waals surface area (Å²) in [5.41, 5.74) is 3.90. The molecule has 1 heterocycles. The standard InChI is InChI=1S/C25H29N3O4S/c1-17-8-9-21(29-2)20(11-17)27-25(33)28(15-18-7-6-10-26-14-18)16-19-12-22(30-3)24(32-5)23(13-19)31-4/h6-14H,15-16H2,1-5H3,(H,27,33). The molecule has 7 nitrogen and oxygen atoms in total. The average molecular weight is 468 g/mol. The number of aryl methyl sites for hydroxylation is 1. The highest BCUT2D eigenvalue weighted by atomic mass is 32.1. The number of benzene rings is 2. The molecular weight excluding hydrogens is 438 g/mol. The number of hydrogen-bond donors (Lipinski definition) is 1. The second kappa shape index (κ2) is 11.4. The summed E-state index contributed by atoms with van der Waals surface area (Å²) in [5.74, 6) is 2.45. The lowest BCUT2D eigenvalue weighted by Gasteiger charge is -2.27. The largest absolute Gasteiger partial charge is 0.495 e. The first-order chi connectivity index (χ1) is 16.0. The summed E-state index contributed by atoms with van der Waals surface area (Å²) in [5, 5.41) is 3.90. The minimum absolute atomic E-state index is 0.506. The maximum Gasteiger partial charge on any atom is 0.203 e. The Kier molecular flexibility index (Phi) is 8.32. The molecule has 0 unspecified atom stereocenters. The van der Waals surface area contributed by atoms with Crippen molar-refractivity contribution in [2.75, 3.05) is 33.8 Å². The molecule has 33 heavy (non-hydrogen) atoms. The minimum Gasteiger partial charge on any atom is -0.495 e. The average Bonchev–Trinajstić information content (AvgIpc) is 2.83. The summed E-state index contributed by atoms with van der Waals surface area (Å²) in [6.45, 7) is 3.09. The maximum atomic E-state index is 5.83. The Morgan fingerprint density at radius 3 is 2.12 bits per heavy atom. The van der Waals surface area contributed by atoms with Crippen molar-refractivity contribution < 1.29 is 18.9 Å². The molecule has 0 atom stereocenters. The SMILES string of the molecule is COc1ccc(C)cc1NC(=S)N(Cc1cccnc1)Cc1cc(OC)c(OC)c(OC)c1. The van der Waals surface area contributed by atoms with E-state index in [1.165, 1.54) is 0 Å². The summed E-state index contributed by atoms with van der Waals surface area (Å²) in [6.07, 6.45) is 3.58. The number of thiocarbonyl (C=S) groups is 1. The van der Waals surface area contributed by atoms with Crippen LogP contribution in [-0.2, 0) is 13.1 Å². The molecule has 0 amide bonds. The van der Waals surface area contributed by atoms with Gasteiger partial charge in [0.15, 0.2) is 16.6 Å². The molecule has 0 spiro atoms. The first kappa shape index (κ1) is 24.1. The van der Waals surface area contributed by atoms with Crippen LogP contribution in [0.4, 0.5) is 5.69 Å². The quantitative estimate of drug-likeness (QED) is 0.449. The molecule has 0 aliphatic rings. The van der Waals surface area contributed by atoms with Gasteiger partial charge in [-0.05, 0) is 66.2 Å². The van der Waals surface area contributed by atoms with E-state index >= 15 is 0 Å². The lowest BCUT2D eigenvalue weighted by Crippen LogP contribution is -2.34. The van der Waals surface area contributed by atoms with Crippen LogP contribution < -0.4 is 24.3 Å². The van der Waals surface area contributed by atoms with Crippen LogP contribution in [0.15, 0.2) is 54.9 Å². The Morgan fingerprint density at radius 1 is 0.879 bits per heavy atom. The molecule has 3 aromatic rings. The molecule has 0 saturated carbocycles. The molecule has 174 valence electrons. The predicted molar refractivity (Wildman–Crippen MR) is 134 cm³/mol. The van der Waals surface area contributed by atoms with E-state index in [2.05, 4.69) is 15.2 Å². The number of pyridine rings is 1. The van der Waals surface area contributed by atoms with E-state index in [0.717, 1.165) is 28.1 Å². The van der Waals surface area contributed by atoms with Crippen molar-refractivity contribution in [1.29, 1.82) is 0 Å². The van der Waals surface area contributed by atoms with Gasteiger partial charge in [-0.1, -0.05) is 12.1 Å². The molecular formula is C25H29N3O4S. The molecule has 2 aromatic carbocycles. The zero-order valence-corrected chi connectivity index (χ0v) is 20.4. The lowest BCUT2D eigenvalue weighted by molar-refractivity contribution is 0.322. The highest BCUT2D eigenvalue weighted by Gasteiger charge is 2.18. The van der Waals surface area contributed by atoms with Gasteiger partial charge in [-0.15, -0.1) is 0 Å². The van der Waals surface area contributed by atoms with E-state index in [9.17, 15) is 0 Å². The van der Waals surface area contributed by atoms with Crippen molar-refractivity contribution in [3.63, 3.8) is 0 Å². The van der Waals surface area contributed by atoms with E-state index in [0.29, 0.717) is 35.5 Å². The van der Waals surface area contributed by atoms with E-state index in [1.54, 1.807) is 34.6 Å².